The Hall–Kier alpha value is -3.48. The minimum absolute atomic E-state index is 0.0947. The van der Waals surface area contributed by atoms with E-state index in [1.807, 2.05) is 12.1 Å². The van der Waals surface area contributed by atoms with Crippen molar-refractivity contribution in [2.75, 3.05) is 31.1 Å². The van der Waals surface area contributed by atoms with E-state index < -0.39 is 0 Å². The molecule has 1 aliphatic heterocycles. The van der Waals surface area contributed by atoms with Gasteiger partial charge in [-0.1, -0.05) is 24.3 Å². The molecule has 1 aromatic carbocycles. The molecule has 2 aromatic heterocycles. The van der Waals surface area contributed by atoms with Gasteiger partial charge in [0.05, 0.1) is 17.5 Å². The number of carbonyl (C=O) groups excluding carboxylic acids is 2. The number of piperazine rings is 1. The van der Waals surface area contributed by atoms with E-state index in [-0.39, 0.29) is 17.6 Å². The van der Waals surface area contributed by atoms with Crippen LogP contribution in [0.25, 0.3) is 0 Å². The highest BCUT2D eigenvalue weighted by Crippen LogP contribution is 2.33. The summed E-state index contributed by atoms with van der Waals surface area (Å²) < 4.78 is 5.23. The molecule has 0 unspecified atom stereocenters. The molecule has 3 heterocycles. The highest BCUT2D eigenvalue weighted by molar-refractivity contribution is 5.98. The average Bonchev–Trinajstić information content (AvgIpc) is 3.33. The standard InChI is InChI=1S/C24H24N4O3/c1-16-5-2-3-6-18(16)17-13-20-19(21(29)14-17)15-25-24(26-20)28-10-8-27(9-11-28)23(30)22-7-4-12-31-22/h2-7,12,15,17H,8-11,13-14H2,1H3/t17-/m1/s1. The second kappa shape index (κ2) is 7.98. The van der Waals surface area contributed by atoms with Crippen molar-refractivity contribution in [2.45, 2.75) is 25.7 Å². The third-order valence-electron chi connectivity index (χ3n) is 6.24. The smallest absolute Gasteiger partial charge is 0.289 e. The van der Waals surface area contributed by atoms with Crippen molar-refractivity contribution in [2.24, 2.45) is 0 Å². The number of furan rings is 1. The number of hydrogen-bond donors (Lipinski definition) is 0. The van der Waals surface area contributed by atoms with Crippen LogP contribution in [0, 0.1) is 6.92 Å². The lowest BCUT2D eigenvalue weighted by Gasteiger charge is -2.34. The second-order valence-electron chi connectivity index (χ2n) is 8.17. The summed E-state index contributed by atoms with van der Waals surface area (Å²) in [5.41, 5.74) is 3.88. The van der Waals surface area contributed by atoms with Crippen LogP contribution in [0.4, 0.5) is 5.95 Å². The Labute approximate surface area is 180 Å². The van der Waals surface area contributed by atoms with E-state index in [0.717, 1.165) is 12.1 Å². The summed E-state index contributed by atoms with van der Waals surface area (Å²) in [6.45, 7) is 4.51. The SMILES string of the molecule is Cc1ccccc1[C@H]1CC(=O)c2cnc(N3CCN(C(=O)c4ccco4)CC3)nc2C1. The first-order valence-electron chi connectivity index (χ1n) is 10.6. The minimum atomic E-state index is -0.0947. The molecule has 0 saturated carbocycles. The number of anilines is 1. The molecule has 0 spiro atoms. The van der Waals surface area contributed by atoms with Gasteiger partial charge in [0.15, 0.2) is 11.5 Å². The van der Waals surface area contributed by atoms with Crippen LogP contribution in [0.15, 0.2) is 53.3 Å². The van der Waals surface area contributed by atoms with Crippen molar-refractivity contribution in [3.63, 3.8) is 0 Å². The summed E-state index contributed by atoms with van der Waals surface area (Å²) in [7, 11) is 0. The number of hydrogen-bond acceptors (Lipinski definition) is 6. The van der Waals surface area contributed by atoms with Crippen LogP contribution < -0.4 is 4.90 Å². The number of ketones is 1. The van der Waals surface area contributed by atoms with Crippen LogP contribution in [0.2, 0.25) is 0 Å². The Balaban J connectivity index is 1.32. The van der Waals surface area contributed by atoms with E-state index in [2.05, 4.69) is 28.9 Å². The van der Waals surface area contributed by atoms with Crippen molar-refractivity contribution in [3.05, 3.63) is 77.0 Å². The molecule has 7 nitrogen and oxygen atoms in total. The van der Waals surface area contributed by atoms with Gasteiger partial charge < -0.3 is 14.2 Å². The van der Waals surface area contributed by atoms with Gasteiger partial charge in [-0.3, -0.25) is 9.59 Å². The Morgan fingerprint density at radius 1 is 1.06 bits per heavy atom. The molecule has 2 aliphatic rings. The zero-order chi connectivity index (χ0) is 21.4. The molecule has 0 radical (unpaired) electrons. The third kappa shape index (κ3) is 3.71. The molecule has 1 saturated heterocycles. The monoisotopic (exact) mass is 416 g/mol. The fraction of sp³-hybridized carbons (Fsp3) is 0.333. The first-order chi connectivity index (χ1) is 15.1. The zero-order valence-corrected chi connectivity index (χ0v) is 17.5. The zero-order valence-electron chi connectivity index (χ0n) is 17.5. The lowest BCUT2D eigenvalue weighted by molar-refractivity contribution is 0.0714. The third-order valence-corrected chi connectivity index (χ3v) is 6.24. The van der Waals surface area contributed by atoms with Crippen molar-refractivity contribution >= 4 is 17.6 Å². The summed E-state index contributed by atoms with van der Waals surface area (Å²) in [4.78, 5) is 38.3. The Kier molecular flexibility index (Phi) is 5.02. The van der Waals surface area contributed by atoms with E-state index in [1.165, 1.54) is 17.4 Å². The van der Waals surface area contributed by atoms with Gasteiger partial charge >= 0.3 is 0 Å². The lowest BCUT2D eigenvalue weighted by Crippen LogP contribution is -2.49. The maximum absolute atomic E-state index is 12.8. The summed E-state index contributed by atoms with van der Waals surface area (Å²) in [5, 5.41) is 0. The molecule has 31 heavy (non-hydrogen) atoms. The van der Waals surface area contributed by atoms with Crippen LogP contribution in [-0.4, -0.2) is 52.7 Å². The minimum Gasteiger partial charge on any atom is -0.459 e. The molecule has 3 aromatic rings. The van der Waals surface area contributed by atoms with Crippen molar-refractivity contribution in [1.82, 2.24) is 14.9 Å². The Bertz CT molecular complexity index is 1120. The Morgan fingerprint density at radius 2 is 1.87 bits per heavy atom. The van der Waals surface area contributed by atoms with Crippen LogP contribution in [-0.2, 0) is 6.42 Å². The molecule has 7 heteroatoms. The molecule has 1 aliphatic carbocycles. The van der Waals surface area contributed by atoms with E-state index in [0.29, 0.717) is 49.9 Å². The van der Waals surface area contributed by atoms with Crippen LogP contribution in [0.1, 0.15) is 50.1 Å². The fourth-order valence-electron chi connectivity index (χ4n) is 4.52. The van der Waals surface area contributed by atoms with Gasteiger partial charge in [0.1, 0.15) is 0 Å². The van der Waals surface area contributed by atoms with Crippen LogP contribution >= 0.6 is 0 Å². The summed E-state index contributed by atoms with van der Waals surface area (Å²) >= 11 is 0. The fourth-order valence-corrected chi connectivity index (χ4v) is 4.52. The predicted octanol–water partition coefficient (Wildman–Crippen LogP) is 3.25. The van der Waals surface area contributed by atoms with E-state index in [1.54, 1.807) is 23.2 Å². The maximum atomic E-state index is 12.8. The maximum Gasteiger partial charge on any atom is 0.289 e. The number of rotatable bonds is 3. The molecule has 0 N–H and O–H groups in total. The summed E-state index contributed by atoms with van der Waals surface area (Å²) in [5.74, 6) is 1.14. The number of fused-ring (bicyclic) bond motifs is 1. The highest BCUT2D eigenvalue weighted by Gasteiger charge is 2.30. The molecule has 1 amide bonds. The van der Waals surface area contributed by atoms with Gasteiger partial charge in [-0.2, -0.15) is 0 Å². The predicted molar refractivity (Wildman–Crippen MR) is 115 cm³/mol. The van der Waals surface area contributed by atoms with E-state index in [9.17, 15) is 9.59 Å². The summed E-state index contributed by atoms with van der Waals surface area (Å²) in [6, 6.07) is 11.6. The topological polar surface area (TPSA) is 79.5 Å². The van der Waals surface area contributed by atoms with Crippen molar-refractivity contribution < 1.29 is 14.0 Å². The second-order valence-corrected chi connectivity index (χ2v) is 8.17. The van der Waals surface area contributed by atoms with E-state index >= 15 is 0 Å². The first-order valence-corrected chi connectivity index (χ1v) is 10.6. The van der Waals surface area contributed by atoms with Gasteiger partial charge in [-0.05, 0) is 42.5 Å². The summed E-state index contributed by atoms with van der Waals surface area (Å²) in [6.07, 6.45) is 4.41. The van der Waals surface area contributed by atoms with Gasteiger partial charge in [0.2, 0.25) is 5.95 Å². The molecular weight excluding hydrogens is 392 g/mol. The number of carbonyl (C=O) groups is 2. The van der Waals surface area contributed by atoms with E-state index in [4.69, 9.17) is 9.40 Å². The molecule has 1 fully saturated rings. The molecule has 158 valence electrons. The van der Waals surface area contributed by atoms with Crippen LogP contribution in [0.5, 0.6) is 0 Å². The number of Topliss-reactive ketones (excluding diaryl/α,β-unsaturated/α-hetero) is 1. The Morgan fingerprint density at radius 3 is 2.61 bits per heavy atom. The largest absolute Gasteiger partial charge is 0.459 e. The lowest BCUT2D eigenvalue weighted by atomic mass is 9.81. The number of aromatic nitrogens is 2. The van der Waals surface area contributed by atoms with Crippen molar-refractivity contribution in [1.29, 1.82) is 0 Å². The van der Waals surface area contributed by atoms with Crippen LogP contribution in [0.3, 0.4) is 0 Å². The molecule has 1 atom stereocenters. The normalized spacial score (nSPS) is 18.7. The van der Waals surface area contributed by atoms with Gasteiger partial charge in [0, 0.05) is 38.8 Å². The number of benzene rings is 1. The highest BCUT2D eigenvalue weighted by atomic mass is 16.3. The quantitative estimate of drug-likeness (QED) is 0.652. The molecule has 0 bridgehead atoms. The number of aryl methyl sites for hydroxylation is 1. The number of amides is 1. The van der Waals surface area contributed by atoms with Gasteiger partial charge in [0.25, 0.3) is 5.91 Å². The first kappa shape index (κ1) is 19.5. The van der Waals surface area contributed by atoms with Gasteiger partial charge in [-0.15, -0.1) is 0 Å². The van der Waals surface area contributed by atoms with Gasteiger partial charge in [-0.25, -0.2) is 9.97 Å². The average molecular weight is 416 g/mol. The molecule has 5 rings (SSSR count). The van der Waals surface area contributed by atoms with Crippen molar-refractivity contribution in [3.8, 4) is 0 Å². The molecular formula is C24H24N4O3. The number of nitrogens with zero attached hydrogens (tertiary/aromatic N) is 4.